The van der Waals surface area contributed by atoms with Crippen LogP contribution in [-0.2, 0) is 9.53 Å². The lowest BCUT2D eigenvalue weighted by Crippen LogP contribution is -2.33. The number of nitrogens with one attached hydrogen (secondary N) is 2. The number of rotatable bonds is 7. The number of ether oxygens (including phenoxy) is 1. The maximum absolute atomic E-state index is 12.8. The highest BCUT2D eigenvalue weighted by Gasteiger charge is 2.22. The maximum Gasteiger partial charge on any atom is 0.238 e. The first-order chi connectivity index (χ1) is 19.7. The molecule has 10 heteroatoms. The molecule has 3 aromatic heterocycles. The first kappa shape index (κ1) is 26.3. The fraction of sp³-hybridized carbons (Fsp3) is 0.433. The van der Waals surface area contributed by atoms with Crippen LogP contribution in [-0.4, -0.2) is 61.6 Å². The van der Waals surface area contributed by atoms with Crippen molar-refractivity contribution in [3.05, 3.63) is 54.7 Å². The number of amides is 1. The van der Waals surface area contributed by atoms with Gasteiger partial charge in [0.05, 0.1) is 12.9 Å². The van der Waals surface area contributed by atoms with Crippen LogP contribution in [0.4, 0.5) is 17.2 Å². The minimum Gasteiger partial charge on any atom is -0.358 e. The van der Waals surface area contributed by atoms with E-state index in [9.17, 15) is 4.79 Å². The van der Waals surface area contributed by atoms with Crippen molar-refractivity contribution in [3.8, 4) is 11.3 Å². The zero-order chi connectivity index (χ0) is 27.3. The second-order valence-corrected chi connectivity index (χ2v) is 10.7. The van der Waals surface area contributed by atoms with Gasteiger partial charge >= 0.3 is 0 Å². The molecular weight excluding hydrogens is 504 g/mol. The molecule has 0 bridgehead atoms. The number of aromatic nitrogens is 5. The quantitative estimate of drug-likeness (QED) is 0.318. The average Bonchev–Trinajstić information content (AvgIpc) is 3.25. The molecular formula is C30H36N8O2. The number of nitrogens with zero attached hydrogens (tertiary/aromatic N) is 6. The molecule has 10 nitrogen and oxygen atoms in total. The van der Waals surface area contributed by atoms with Gasteiger partial charge in [-0.05, 0) is 81.9 Å². The number of hydrogen-bond donors (Lipinski definition) is 2. The molecule has 1 atom stereocenters. The smallest absolute Gasteiger partial charge is 0.238 e. The summed E-state index contributed by atoms with van der Waals surface area (Å²) in [5, 5.41) is 6.57. The third kappa shape index (κ3) is 5.83. The molecule has 2 fully saturated rings. The SMILES string of the molecule is Cc1ccc(NC(=O)CN2CCCCCC2)cc1Nc1ncccc1-c1ncnc2c1ncn2C1CCCCO1. The van der Waals surface area contributed by atoms with Crippen molar-refractivity contribution >= 4 is 34.3 Å². The molecule has 2 aliphatic rings. The van der Waals surface area contributed by atoms with E-state index in [4.69, 9.17) is 4.74 Å². The summed E-state index contributed by atoms with van der Waals surface area (Å²) in [6.07, 6.45) is 13.0. The van der Waals surface area contributed by atoms with Gasteiger partial charge in [-0.15, -0.1) is 0 Å². The maximum atomic E-state index is 12.8. The normalized spacial score (nSPS) is 18.4. The van der Waals surface area contributed by atoms with Gasteiger partial charge in [0.1, 0.15) is 29.6 Å². The van der Waals surface area contributed by atoms with E-state index in [1.54, 1.807) is 18.9 Å². The van der Waals surface area contributed by atoms with Gasteiger partial charge in [-0.2, -0.15) is 0 Å². The Hall–Kier alpha value is -3.89. The number of benzene rings is 1. The Balaban J connectivity index is 1.24. The molecule has 4 aromatic rings. The zero-order valence-electron chi connectivity index (χ0n) is 23.0. The van der Waals surface area contributed by atoms with Gasteiger partial charge in [0.25, 0.3) is 0 Å². The summed E-state index contributed by atoms with van der Waals surface area (Å²) in [4.78, 5) is 33.5. The topological polar surface area (TPSA) is 110 Å². The molecule has 1 unspecified atom stereocenters. The number of carbonyl (C=O) groups is 1. The molecule has 6 rings (SSSR count). The minimum absolute atomic E-state index is 0.0103. The Bertz CT molecular complexity index is 1470. The van der Waals surface area contributed by atoms with Crippen LogP contribution in [0.2, 0.25) is 0 Å². The molecule has 2 N–H and O–H groups in total. The second-order valence-electron chi connectivity index (χ2n) is 10.7. The first-order valence-electron chi connectivity index (χ1n) is 14.3. The first-order valence-corrected chi connectivity index (χ1v) is 14.3. The van der Waals surface area contributed by atoms with Gasteiger partial charge in [-0.1, -0.05) is 18.9 Å². The van der Waals surface area contributed by atoms with Crippen LogP contribution in [0.3, 0.4) is 0 Å². The lowest BCUT2D eigenvalue weighted by atomic mass is 10.1. The van der Waals surface area contributed by atoms with Crippen LogP contribution in [0.15, 0.2) is 49.2 Å². The van der Waals surface area contributed by atoms with Crippen LogP contribution in [0, 0.1) is 6.92 Å². The summed E-state index contributed by atoms with van der Waals surface area (Å²) in [5.74, 6) is 0.665. The Kier molecular flexibility index (Phi) is 7.97. The Morgan fingerprint density at radius 3 is 2.73 bits per heavy atom. The molecule has 208 valence electrons. The minimum atomic E-state index is -0.0621. The average molecular weight is 541 g/mol. The summed E-state index contributed by atoms with van der Waals surface area (Å²) < 4.78 is 7.99. The lowest BCUT2D eigenvalue weighted by Gasteiger charge is -2.23. The third-order valence-corrected chi connectivity index (χ3v) is 7.73. The molecule has 2 aliphatic heterocycles. The van der Waals surface area contributed by atoms with Crippen LogP contribution in [0.1, 0.15) is 56.7 Å². The molecule has 2 saturated heterocycles. The molecule has 0 radical (unpaired) electrons. The van der Waals surface area contributed by atoms with Crippen LogP contribution < -0.4 is 10.6 Å². The monoisotopic (exact) mass is 540 g/mol. The van der Waals surface area contributed by atoms with E-state index >= 15 is 0 Å². The van der Waals surface area contributed by atoms with E-state index < -0.39 is 0 Å². The van der Waals surface area contributed by atoms with Gasteiger partial charge < -0.3 is 15.4 Å². The van der Waals surface area contributed by atoms with Gasteiger partial charge in [0.2, 0.25) is 5.91 Å². The number of aryl methyl sites for hydroxylation is 1. The van der Waals surface area contributed by atoms with Crippen LogP contribution >= 0.6 is 0 Å². The van der Waals surface area contributed by atoms with E-state index in [1.165, 1.54) is 12.8 Å². The van der Waals surface area contributed by atoms with E-state index in [-0.39, 0.29) is 12.1 Å². The number of carbonyl (C=O) groups excluding carboxylic acids is 1. The Labute approximate surface area is 234 Å². The number of likely N-dealkylation sites (tertiary alicyclic amines) is 1. The van der Waals surface area contributed by atoms with Crippen molar-refractivity contribution in [2.75, 3.05) is 36.9 Å². The standard InChI is InChI=1S/C30H36N8O2/c1-21-11-12-22(35-25(39)18-37-14-5-2-3-6-15-37)17-24(21)36-29-23(9-8-13-31-29)27-28-30(33-19-32-27)38(20-34-28)26-10-4-7-16-40-26/h8-9,11-13,17,19-20,26H,2-7,10,14-16,18H2,1H3,(H,31,36)(H,35,39). The molecule has 1 aromatic carbocycles. The lowest BCUT2D eigenvalue weighted by molar-refractivity contribution is -0.117. The van der Waals surface area contributed by atoms with Crippen molar-refractivity contribution in [1.29, 1.82) is 0 Å². The highest BCUT2D eigenvalue weighted by molar-refractivity contribution is 5.94. The molecule has 40 heavy (non-hydrogen) atoms. The molecule has 5 heterocycles. The predicted octanol–water partition coefficient (Wildman–Crippen LogP) is 5.45. The predicted molar refractivity (Wildman–Crippen MR) is 155 cm³/mol. The van der Waals surface area contributed by atoms with Gasteiger partial charge in [-0.25, -0.2) is 19.9 Å². The summed E-state index contributed by atoms with van der Waals surface area (Å²) >= 11 is 0. The van der Waals surface area contributed by atoms with Crippen molar-refractivity contribution in [2.45, 2.75) is 58.1 Å². The van der Waals surface area contributed by atoms with Gasteiger partial charge in [-0.3, -0.25) is 14.3 Å². The summed E-state index contributed by atoms with van der Waals surface area (Å²) in [5.41, 5.74) is 5.62. The fourth-order valence-corrected chi connectivity index (χ4v) is 5.56. The Morgan fingerprint density at radius 1 is 1.02 bits per heavy atom. The highest BCUT2D eigenvalue weighted by atomic mass is 16.5. The number of imidazole rings is 1. The summed E-state index contributed by atoms with van der Waals surface area (Å²) in [6.45, 7) is 5.17. The van der Waals surface area contributed by atoms with Gasteiger partial charge in [0.15, 0.2) is 5.65 Å². The number of pyridine rings is 1. The van der Waals surface area contributed by atoms with E-state index in [1.807, 2.05) is 41.8 Å². The number of anilines is 3. The molecule has 1 amide bonds. The van der Waals surface area contributed by atoms with Crippen LogP contribution in [0.5, 0.6) is 0 Å². The van der Waals surface area contributed by atoms with Crippen LogP contribution in [0.25, 0.3) is 22.4 Å². The Morgan fingerprint density at radius 2 is 1.90 bits per heavy atom. The third-order valence-electron chi connectivity index (χ3n) is 7.73. The second kappa shape index (κ2) is 12.1. The number of hydrogen-bond acceptors (Lipinski definition) is 8. The highest BCUT2D eigenvalue weighted by Crippen LogP contribution is 2.34. The van der Waals surface area contributed by atoms with E-state index in [0.29, 0.717) is 23.6 Å². The summed E-state index contributed by atoms with van der Waals surface area (Å²) in [6, 6.07) is 9.77. The molecule has 0 aliphatic carbocycles. The van der Waals surface area contributed by atoms with Crippen molar-refractivity contribution < 1.29 is 9.53 Å². The number of fused-ring (bicyclic) bond motifs is 1. The van der Waals surface area contributed by atoms with Crippen molar-refractivity contribution in [2.24, 2.45) is 0 Å². The van der Waals surface area contributed by atoms with Crippen molar-refractivity contribution in [1.82, 2.24) is 29.4 Å². The fourth-order valence-electron chi connectivity index (χ4n) is 5.56. The van der Waals surface area contributed by atoms with E-state index in [0.717, 1.165) is 79.9 Å². The van der Waals surface area contributed by atoms with E-state index in [2.05, 4.69) is 35.5 Å². The summed E-state index contributed by atoms with van der Waals surface area (Å²) in [7, 11) is 0. The largest absolute Gasteiger partial charge is 0.358 e. The van der Waals surface area contributed by atoms with Gasteiger partial charge in [0, 0.05) is 29.7 Å². The molecule has 0 saturated carbocycles. The molecule has 0 spiro atoms. The van der Waals surface area contributed by atoms with Crippen molar-refractivity contribution in [3.63, 3.8) is 0 Å². The zero-order valence-corrected chi connectivity index (χ0v) is 23.0.